The number of anilines is 1. The van der Waals surface area contributed by atoms with Gasteiger partial charge >= 0.3 is 10.1 Å². The van der Waals surface area contributed by atoms with Crippen LogP contribution in [0.4, 0.5) is 5.69 Å². The van der Waals surface area contributed by atoms with Crippen molar-refractivity contribution in [3.63, 3.8) is 0 Å². The van der Waals surface area contributed by atoms with E-state index >= 15 is 0 Å². The Morgan fingerprint density at radius 3 is 1.73 bits per heavy atom. The molecule has 0 aliphatic heterocycles. The molecule has 6 nitrogen and oxygen atoms in total. The largest absolute Gasteiger partial charge is 0.377 e. The van der Waals surface area contributed by atoms with Crippen molar-refractivity contribution >= 4 is 25.8 Å². The van der Waals surface area contributed by atoms with Crippen molar-refractivity contribution in [2.45, 2.75) is 9.79 Å². The highest BCUT2D eigenvalue weighted by Gasteiger charge is 2.21. The molecule has 1 N–H and O–H groups in total. The molecule has 134 valence electrons. The first-order chi connectivity index (χ1) is 12.4. The average molecular weight is 389 g/mol. The van der Waals surface area contributed by atoms with E-state index in [-0.39, 0.29) is 21.2 Å². The van der Waals surface area contributed by atoms with E-state index in [0.717, 1.165) is 0 Å². The highest BCUT2D eigenvalue weighted by Crippen LogP contribution is 2.29. The standard InChI is InChI=1S/C18H15NO5S2/c20-25(21,15-9-3-1-4-10-15)19-17-13-7-8-14-18(17)24-26(22,23)16-11-5-2-6-12-16/h1-14,19H. The summed E-state index contributed by atoms with van der Waals surface area (Å²) in [5.41, 5.74) is 0.0239. The van der Waals surface area contributed by atoms with Crippen LogP contribution in [0.15, 0.2) is 94.7 Å². The van der Waals surface area contributed by atoms with Crippen LogP contribution < -0.4 is 8.91 Å². The first-order valence-corrected chi connectivity index (χ1v) is 10.4. The van der Waals surface area contributed by atoms with Gasteiger partial charge in [0.25, 0.3) is 10.0 Å². The monoisotopic (exact) mass is 389 g/mol. The molecule has 0 saturated carbocycles. The molecular weight excluding hydrogens is 374 g/mol. The quantitative estimate of drug-likeness (QED) is 0.654. The lowest BCUT2D eigenvalue weighted by atomic mass is 10.3. The fraction of sp³-hybridized carbons (Fsp3) is 0. The molecule has 0 saturated heterocycles. The zero-order chi connectivity index (χ0) is 18.6. The maximum atomic E-state index is 12.5. The Labute approximate surface area is 152 Å². The zero-order valence-corrected chi connectivity index (χ0v) is 15.1. The van der Waals surface area contributed by atoms with Crippen LogP contribution in [-0.2, 0) is 20.1 Å². The van der Waals surface area contributed by atoms with Gasteiger partial charge in [-0.15, -0.1) is 0 Å². The highest BCUT2D eigenvalue weighted by molar-refractivity contribution is 7.92. The molecule has 8 heteroatoms. The summed E-state index contributed by atoms with van der Waals surface area (Å²) in [5, 5.41) is 0. The summed E-state index contributed by atoms with van der Waals surface area (Å²) in [5.74, 6) is -0.115. The Morgan fingerprint density at radius 1 is 0.615 bits per heavy atom. The second-order valence-electron chi connectivity index (χ2n) is 5.27. The fourth-order valence-corrected chi connectivity index (χ4v) is 4.24. The van der Waals surface area contributed by atoms with E-state index in [9.17, 15) is 16.8 Å². The van der Waals surface area contributed by atoms with Gasteiger partial charge in [0.15, 0.2) is 5.75 Å². The molecule has 3 aromatic carbocycles. The molecule has 0 unspecified atom stereocenters. The van der Waals surface area contributed by atoms with Gasteiger partial charge in [-0.25, -0.2) is 8.42 Å². The Bertz CT molecular complexity index is 1010. The fourth-order valence-electron chi connectivity index (χ4n) is 2.18. The molecule has 3 rings (SSSR count). The Balaban J connectivity index is 1.92. The van der Waals surface area contributed by atoms with E-state index in [2.05, 4.69) is 4.72 Å². The van der Waals surface area contributed by atoms with Gasteiger partial charge in [0.2, 0.25) is 0 Å². The normalized spacial score (nSPS) is 11.7. The predicted octanol–water partition coefficient (Wildman–Crippen LogP) is 3.26. The van der Waals surface area contributed by atoms with E-state index in [4.69, 9.17) is 4.18 Å². The van der Waals surface area contributed by atoms with Crippen LogP contribution in [0.1, 0.15) is 0 Å². The Kier molecular flexibility index (Phi) is 4.97. The molecule has 0 heterocycles. The van der Waals surface area contributed by atoms with Crippen molar-refractivity contribution in [3.8, 4) is 5.75 Å². The SMILES string of the molecule is O=S(=O)(Nc1ccccc1OS(=O)(=O)c1ccccc1)c1ccccc1. The molecule has 0 spiro atoms. The zero-order valence-electron chi connectivity index (χ0n) is 13.4. The van der Waals surface area contributed by atoms with E-state index in [1.165, 1.54) is 36.4 Å². The Morgan fingerprint density at radius 2 is 1.12 bits per heavy atom. The molecular formula is C18H15NO5S2. The van der Waals surface area contributed by atoms with E-state index < -0.39 is 20.1 Å². The highest BCUT2D eigenvalue weighted by atomic mass is 32.2. The summed E-state index contributed by atoms with van der Waals surface area (Å²) >= 11 is 0. The first kappa shape index (κ1) is 18.0. The van der Waals surface area contributed by atoms with Gasteiger partial charge in [-0.2, -0.15) is 8.42 Å². The van der Waals surface area contributed by atoms with Gasteiger partial charge in [-0.1, -0.05) is 48.5 Å². The van der Waals surface area contributed by atoms with Gasteiger partial charge in [0.05, 0.1) is 10.6 Å². The maximum absolute atomic E-state index is 12.5. The smallest absolute Gasteiger partial charge is 0.339 e. The molecule has 0 aliphatic carbocycles. The molecule has 0 aromatic heterocycles. The van der Waals surface area contributed by atoms with Crippen LogP contribution >= 0.6 is 0 Å². The minimum absolute atomic E-state index is 0.0239. The molecule has 0 fully saturated rings. The second-order valence-corrected chi connectivity index (χ2v) is 8.49. The van der Waals surface area contributed by atoms with Crippen LogP contribution in [0.5, 0.6) is 5.75 Å². The lowest BCUT2D eigenvalue weighted by molar-refractivity contribution is 0.487. The number of benzene rings is 3. The number of hydrogen-bond acceptors (Lipinski definition) is 5. The van der Waals surface area contributed by atoms with Crippen molar-refractivity contribution in [2.24, 2.45) is 0 Å². The third kappa shape index (κ3) is 4.04. The summed E-state index contributed by atoms with van der Waals surface area (Å²) in [4.78, 5) is 0.0291. The molecule has 0 bridgehead atoms. The lowest BCUT2D eigenvalue weighted by Gasteiger charge is -2.13. The summed E-state index contributed by atoms with van der Waals surface area (Å²) in [7, 11) is -7.97. The number of hydrogen-bond donors (Lipinski definition) is 1. The van der Waals surface area contributed by atoms with Gasteiger partial charge in [0, 0.05) is 0 Å². The number of para-hydroxylation sites is 2. The summed E-state index contributed by atoms with van der Waals surface area (Å²) < 4.78 is 57.2. The Hall–Kier alpha value is -2.84. The average Bonchev–Trinajstić information content (AvgIpc) is 2.64. The van der Waals surface area contributed by atoms with Crippen LogP contribution in [-0.4, -0.2) is 16.8 Å². The second kappa shape index (κ2) is 7.19. The molecule has 26 heavy (non-hydrogen) atoms. The number of sulfonamides is 1. The molecule has 0 radical (unpaired) electrons. The van der Waals surface area contributed by atoms with Gasteiger partial charge in [-0.3, -0.25) is 4.72 Å². The van der Waals surface area contributed by atoms with Crippen molar-refractivity contribution in [1.82, 2.24) is 0 Å². The van der Waals surface area contributed by atoms with E-state index in [0.29, 0.717) is 0 Å². The van der Waals surface area contributed by atoms with Gasteiger partial charge in [0.1, 0.15) is 4.90 Å². The van der Waals surface area contributed by atoms with E-state index in [1.807, 2.05) is 0 Å². The number of nitrogens with one attached hydrogen (secondary N) is 1. The van der Waals surface area contributed by atoms with Crippen molar-refractivity contribution < 1.29 is 21.0 Å². The first-order valence-electron chi connectivity index (χ1n) is 7.55. The van der Waals surface area contributed by atoms with Crippen molar-refractivity contribution in [1.29, 1.82) is 0 Å². The maximum Gasteiger partial charge on any atom is 0.339 e. The minimum atomic E-state index is -4.09. The number of rotatable bonds is 6. The molecule has 0 aliphatic rings. The van der Waals surface area contributed by atoms with Gasteiger partial charge < -0.3 is 4.18 Å². The van der Waals surface area contributed by atoms with Crippen LogP contribution in [0.25, 0.3) is 0 Å². The van der Waals surface area contributed by atoms with E-state index in [1.54, 1.807) is 48.5 Å². The van der Waals surface area contributed by atoms with Gasteiger partial charge in [-0.05, 0) is 36.4 Å². The molecule has 0 amide bonds. The van der Waals surface area contributed by atoms with Crippen LogP contribution in [0.3, 0.4) is 0 Å². The molecule has 3 aromatic rings. The summed E-state index contributed by atoms with van der Waals surface area (Å²) in [6.45, 7) is 0. The molecule has 0 atom stereocenters. The topological polar surface area (TPSA) is 89.5 Å². The predicted molar refractivity (Wildman–Crippen MR) is 97.9 cm³/mol. The third-order valence-electron chi connectivity index (χ3n) is 3.42. The minimum Gasteiger partial charge on any atom is -0.377 e. The van der Waals surface area contributed by atoms with Crippen LogP contribution in [0.2, 0.25) is 0 Å². The van der Waals surface area contributed by atoms with Crippen LogP contribution in [0, 0.1) is 0 Å². The summed E-state index contributed by atoms with van der Waals surface area (Å²) in [6, 6.07) is 21.3. The van der Waals surface area contributed by atoms with Crippen molar-refractivity contribution in [2.75, 3.05) is 4.72 Å². The third-order valence-corrected chi connectivity index (χ3v) is 6.05. The van der Waals surface area contributed by atoms with Crippen molar-refractivity contribution in [3.05, 3.63) is 84.9 Å². The summed E-state index contributed by atoms with van der Waals surface area (Å²) in [6.07, 6.45) is 0. The lowest BCUT2D eigenvalue weighted by Crippen LogP contribution is -2.15.